The van der Waals surface area contributed by atoms with Crippen LogP contribution in [0.4, 0.5) is 5.69 Å². The summed E-state index contributed by atoms with van der Waals surface area (Å²) < 4.78 is 31.5. The van der Waals surface area contributed by atoms with Crippen LogP contribution in [0.25, 0.3) is 0 Å². The van der Waals surface area contributed by atoms with Gasteiger partial charge in [0.15, 0.2) is 0 Å². The van der Waals surface area contributed by atoms with E-state index in [0.29, 0.717) is 11.4 Å². The topological polar surface area (TPSA) is 88.3 Å². The molecule has 0 spiro atoms. The summed E-state index contributed by atoms with van der Waals surface area (Å²) in [7, 11) is -2.24. The van der Waals surface area contributed by atoms with Gasteiger partial charge in [-0.25, -0.2) is 8.42 Å². The molecule has 0 aliphatic carbocycles. The molecule has 0 bridgehead atoms. The highest BCUT2D eigenvalue weighted by atomic mass is 32.2. The van der Waals surface area contributed by atoms with Crippen molar-refractivity contribution < 1.29 is 13.2 Å². The third-order valence-corrected chi connectivity index (χ3v) is 3.77. The van der Waals surface area contributed by atoms with E-state index in [0.717, 1.165) is 12.3 Å². The fourth-order valence-electron chi connectivity index (χ4n) is 1.46. The summed E-state index contributed by atoms with van der Waals surface area (Å²) in [4.78, 5) is 13.2. The first-order valence-electron chi connectivity index (χ1n) is 5.37. The molecule has 2 rings (SSSR count). The van der Waals surface area contributed by atoms with Crippen molar-refractivity contribution in [1.29, 1.82) is 0 Å². The molecule has 0 aliphatic rings. The van der Waals surface area contributed by atoms with Gasteiger partial charge in [-0.3, -0.25) is 9.52 Å². The van der Waals surface area contributed by atoms with Crippen molar-refractivity contribution >= 4 is 15.7 Å². The number of anilines is 1. The minimum atomic E-state index is -3.73. The fraction of sp³-hybridized carbons (Fsp3) is 0.0833. The molecule has 6 nitrogen and oxygen atoms in total. The third kappa shape index (κ3) is 3.14. The van der Waals surface area contributed by atoms with E-state index in [9.17, 15) is 13.2 Å². The second kappa shape index (κ2) is 5.15. The van der Waals surface area contributed by atoms with Gasteiger partial charge < -0.3 is 9.72 Å². The number of pyridine rings is 1. The molecular weight excluding hydrogens is 268 g/mol. The molecule has 2 N–H and O–H groups in total. The van der Waals surface area contributed by atoms with E-state index in [1.807, 2.05) is 0 Å². The Morgan fingerprint density at radius 2 is 2.00 bits per heavy atom. The summed E-state index contributed by atoms with van der Waals surface area (Å²) in [5.41, 5.74) is 0.0193. The van der Waals surface area contributed by atoms with E-state index in [1.165, 1.54) is 13.2 Å². The van der Waals surface area contributed by atoms with Gasteiger partial charge in [-0.15, -0.1) is 0 Å². The van der Waals surface area contributed by atoms with Crippen molar-refractivity contribution in [2.24, 2.45) is 0 Å². The first kappa shape index (κ1) is 13.2. The third-order valence-electron chi connectivity index (χ3n) is 2.39. The average Bonchev–Trinajstić information content (AvgIpc) is 2.39. The van der Waals surface area contributed by atoms with Crippen molar-refractivity contribution in [1.82, 2.24) is 4.98 Å². The van der Waals surface area contributed by atoms with Crippen molar-refractivity contribution in [3.05, 3.63) is 52.9 Å². The normalized spacial score (nSPS) is 11.0. The van der Waals surface area contributed by atoms with Gasteiger partial charge in [-0.05, 0) is 18.2 Å². The zero-order chi connectivity index (χ0) is 13.9. The maximum Gasteiger partial charge on any atom is 0.263 e. The minimum absolute atomic E-state index is 0.0186. The number of nitrogens with one attached hydrogen (secondary N) is 2. The van der Waals surface area contributed by atoms with Crippen molar-refractivity contribution in [3.8, 4) is 5.75 Å². The summed E-state index contributed by atoms with van der Waals surface area (Å²) in [6, 6.07) is 8.93. The molecule has 0 amide bonds. The van der Waals surface area contributed by atoms with Crippen LogP contribution in [0, 0.1) is 0 Å². The highest BCUT2D eigenvalue weighted by molar-refractivity contribution is 7.92. The van der Waals surface area contributed by atoms with Crippen LogP contribution in [-0.4, -0.2) is 20.5 Å². The van der Waals surface area contributed by atoms with Gasteiger partial charge in [0.1, 0.15) is 10.6 Å². The quantitative estimate of drug-likeness (QED) is 0.880. The highest BCUT2D eigenvalue weighted by Crippen LogP contribution is 2.19. The van der Waals surface area contributed by atoms with Gasteiger partial charge in [0.05, 0.1) is 12.8 Å². The van der Waals surface area contributed by atoms with Crippen LogP contribution in [0.15, 0.2) is 52.3 Å². The van der Waals surface area contributed by atoms with E-state index >= 15 is 0 Å². The van der Waals surface area contributed by atoms with E-state index in [2.05, 4.69) is 9.71 Å². The Morgan fingerprint density at radius 1 is 1.21 bits per heavy atom. The van der Waals surface area contributed by atoms with Crippen LogP contribution in [0.5, 0.6) is 5.75 Å². The van der Waals surface area contributed by atoms with Crippen LogP contribution >= 0.6 is 0 Å². The molecule has 1 aromatic heterocycles. The predicted octanol–water partition coefficient (Wildman–Crippen LogP) is 1.18. The van der Waals surface area contributed by atoms with Crippen LogP contribution < -0.4 is 15.0 Å². The Labute approximate surface area is 110 Å². The van der Waals surface area contributed by atoms with Gasteiger partial charge in [0.2, 0.25) is 5.56 Å². The van der Waals surface area contributed by atoms with Crippen molar-refractivity contribution in [2.45, 2.75) is 4.90 Å². The number of sulfonamides is 1. The van der Waals surface area contributed by atoms with Crippen LogP contribution in [0.2, 0.25) is 0 Å². The fourth-order valence-corrected chi connectivity index (χ4v) is 2.48. The highest BCUT2D eigenvalue weighted by Gasteiger charge is 2.14. The second-order valence-corrected chi connectivity index (χ2v) is 5.41. The molecule has 7 heteroatoms. The molecule has 0 saturated carbocycles. The number of rotatable bonds is 4. The number of hydrogen-bond donors (Lipinski definition) is 2. The number of benzene rings is 1. The zero-order valence-electron chi connectivity index (χ0n) is 10.1. The summed E-state index contributed by atoms with van der Waals surface area (Å²) in [6.07, 6.45) is 1.14. The smallest absolute Gasteiger partial charge is 0.263 e. The molecule has 0 fully saturated rings. The van der Waals surface area contributed by atoms with Gasteiger partial charge in [-0.1, -0.05) is 6.07 Å². The number of aromatic amines is 1. The first-order chi connectivity index (χ1) is 9.01. The molecule has 0 radical (unpaired) electrons. The monoisotopic (exact) mass is 280 g/mol. The molecule has 2 aromatic rings. The number of ether oxygens (including phenoxy) is 1. The maximum atomic E-state index is 12.0. The molecule has 0 atom stereocenters. The molecule has 0 aliphatic heterocycles. The Kier molecular flexibility index (Phi) is 3.57. The Bertz CT molecular complexity index is 717. The summed E-state index contributed by atoms with van der Waals surface area (Å²) >= 11 is 0. The van der Waals surface area contributed by atoms with E-state index < -0.39 is 10.0 Å². The van der Waals surface area contributed by atoms with Crippen LogP contribution in [0.3, 0.4) is 0 Å². The van der Waals surface area contributed by atoms with Crippen LogP contribution in [0.1, 0.15) is 0 Å². The molecule has 100 valence electrons. The zero-order valence-corrected chi connectivity index (χ0v) is 10.9. The minimum Gasteiger partial charge on any atom is -0.497 e. The Morgan fingerprint density at radius 3 is 2.63 bits per heavy atom. The summed E-state index contributed by atoms with van der Waals surface area (Å²) in [6.45, 7) is 0. The lowest BCUT2D eigenvalue weighted by atomic mass is 10.3. The lowest BCUT2D eigenvalue weighted by Gasteiger charge is -2.08. The lowest BCUT2D eigenvalue weighted by molar-refractivity contribution is 0.415. The second-order valence-electron chi connectivity index (χ2n) is 3.73. The average molecular weight is 280 g/mol. The first-order valence-corrected chi connectivity index (χ1v) is 6.85. The SMILES string of the molecule is COc1cccc(NS(=O)(=O)c2ccc(=O)[nH]c2)c1. The summed E-state index contributed by atoms with van der Waals surface area (Å²) in [5, 5.41) is 0. The van der Waals surface area contributed by atoms with Gasteiger partial charge >= 0.3 is 0 Å². The van der Waals surface area contributed by atoms with Gasteiger partial charge in [-0.2, -0.15) is 0 Å². The Balaban J connectivity index is 2.30. The lowest BCUT2D eigenvalue weighted by Crippen LogP contribution is -2.15. The predicted molar refractivity (Wildman–Crippen MR) is 70.9 cm³/mol. The van der Waals surface area contributed by atoms with E-state index in [4.69, 9.17) is 4.74 Å². The number of hydrogen-bond acceptors (Lipinski definition) is 4. The van der Waals surface area contributed by atoms with Crippen LogP contribution in [-0.2, 0) is 10.0 Å². The largest absolute Gasteiger partial charge is 0.497 e. The van der Waals surface area contributed by atoms with Crippen molar-refractivity contribution in [3.63, 3.8) is 0 Å². The molecule has 1 heterocycles. The molecule has 0 saturated heterocycles. The molecule has 1 aromatic carbocycles. The molecule has 0 unspecified atom stereocenters. The van der Waals surface area contributed by atoms with Crippen molar-refractivity contribution in [2.75, 3.05) is 11.8 Å². The number of H-pyrrole nitrogens is 1. The van der Waals surface area contributed by atoms with Gasteiger partial charge in [0.25, 0.3) is 10.0 Å². The Hall–Kier alpha value is -2.28. The standard InChI is InChI=1S/C12H12N2O4S/c1-18-10-4-2-3-9(7-10)14-19(16,17)11-5-6-12(15)13-8-11/h2-8,14H,1H3,(H,13,15). The summed E-state index contributed by atoms with van der Waals surface area (Å²) in [5.74, 6) is 0.543. The molecule has 19 heavy (non-hydrogen) atoms. The maximum absolute atomic E-state index is 12.0. The number of methoxy groups -OCH3 is 1. The van der Waals surface area contributed by atoms with E-state index in [-0.39, 0.29) is 10.5 Å². The molecular formula is C12H12N2O4S. The number of aromatic nitrogens is 1. The van der Waals surface area contributed by atoms with Gasteiger partial charge in [0, 0.05) is 18.3 Å². The van der Waals surface area contributed by atoms with E-state index in [1.54, 1.807) is 24.3 Å².